The maximum absolute atomic E-state index is 11.1. The third-order valence-corrected chi connectivity index (χ3v) is 4.86. The lowest BCUT2D eigenvalue weighted by Crippen LogP contribution is -2.50. The fraction of sp³-hybridized carbons (Fsp3) is 0.412. The number of aliphatic hydroxyl groups is 1. The van der Waals surface area contributed by atoms with E-state index in [1.807, 2.05) is 36.4 Å². The van der Waals surface area contributed by atoms with Gasteiger partial charge in [0.15, 0.2) is 0 Å². The van der Waals surface area contributed by atoms with Crippen molar-refractivity contribution in [1.29, 1.82) is 0 Å². The summed E-state index contributed by atoms with van der Waals surface area (Å²) in [4.78, 5) is 11.1. The Hall–Kier alpha value is -1.94. The lowest BCUT2D eigenvalue weighted by atomic mass is 9.80. The Morgan fingerprint density at radius 2 is 1.57 bits per heavy atom. The highest BCUT2D eigenvalue weighted by Crippen LogP contribution is 2.46. The number of benzene rings is 1. The van der Waals surface area contributed by atoms with Gasteiger partial charge in [0.25, 0.3) is 0 Å². The summed E-state index contributed by atoms with van der Waals surface area (Å²) < 4.78 is 0. The minimum absolute atomic E-state index is 0.330. The summed E-state index contributed by atoms with van der Waals surface area (Å²) in [6.07, 6.45) is 7.31. The van der Waals surface area contributed by atoms with Crippen LogP contribution in [0.1, 0.15) is 31.2 Å². The molecule has 2 fully saturated rings. The van der Waals surface area contributed by atoms with Crippen LogP contribution in [0.2, 0.25) is 0 Å². The molecule has 2 aromatic rings. The highest BCUT2D eigenvalue weighted by Gasteiger charge is 2.49. The zero-order valence-corrected chi connectivity index (χ0v) is 11.9. The van der Waals surface area contributed by atoms with Gasteiger partial charge in [-0.15, -0.1) is 0 Å². The average Bonchev–Trinajstić information content (AvgIpc) is 2.82. The summed E-state index contributed by atoms with van der Waals surface area (Å²) in [6, 6.07) is 12.6. The quantitative estimate of drug-likeness (QED) is 0.919. The van der Waals surface area contributed by atoms with Gasteiger partial charge in [-0.1, -0.05) is 30.3 Å². The Balaban J connectivity index is 1.65. The Morgan fingerprint density at radius 3 is 2.19 bits per heavy atom. The van der Waals surface area contributed by atoms with E-state index in [1.54, 1.807) is 12.4 Å². The molecular weight excluding hydrogens is 262 g/mol. The van der Waals surface area contributed by atoms with Crippen molar-refractivity contribution >= 4 is 5.95 Å². The van der Waals surface area contributed by atoms with Crippen LogP contribution in [0.25, 0.3) is 0 Å². The van der Waals surface area contributed by atoms with E-state index in [4.69, 9.17) is 0 Å². The first-order valence-corrected chi connectivity index (χ1v) is 7.59. The van der Waals surface area contributed by atoms with Gasteiger partial charge in [-0.2, -0.15) is 0 Å². The Kier molecular flexibility index (Phi) is 2.93. The standard InChI is InChI=1S/C17H19N3O/c21-17(13-5-2-1-3-6-13)11-14-7-8-15(12-17)20(14)16-18-9-4-10-19-16/h1-6,9-10,14-15,21H,7-8,11-12H2. The van der Waals surface area contributed by atoms with Gasteiger partial charge in [0, 0.05) is 37.3 Å². The number of nitrogens with zero attached hydrogens (tertiary/aromatic N) is 3. The van der Waals surface area contributed by atoms with Crippen molar-refractivity contribution in [2.24, 2.45) is 0 Å². The molecule has 4 nitrogen and oxygen atoms in total. The monoisotopic (exact) mass is 281 g/mol. The van der Waals surface area contributed by atoms with Gasteiger partial charge < -0.3 is 10.0 Å². The average molecular weight is 281 g/mol. The number of piperidine rings is 1. The summed E-state index contributed by atoms with van der Waals surface area (Å²) in [5, 5.41) is 11.1. The molecule has 3 heterocycles. The van der Waals surface area contributed by atoms with E-state index in [2.05, 4.69) is 14.9 Å². The fourth-order valence-electron chi connectivity index (χ4n) is 3.96. The van der Waals surface area contributed by atoms with Gasteiger partial charge in [0.2, 0.25) is 5.95 Å². The van der Waals surface area contributed by atoms with Crippen molar-refractivity contribution in [1.82, 2.24) is 9.97 Å². The van der Waals surface area contributed by atoms with Gasteiger partial charge in [-0.3, -0.25) is 0 Å². The topological polar surface area (TPSA) is 49.2 Å². The van der Waals surface area contributed by atoms with Crippen LogP contribution in [0, 0.1) is 0 Å². The first kappa shape index (κ1) is 12.8. The molecule has 2 bridgehead atoms. The van der Waals surface area contributed by atoms with E-state index in [9.17, 15) is 5.11 Å². The maximum atomic E-state index is 11.1. The van der Waals surface area contributed by atoms with Crippen LogP contribution in [0.3, 0.4) is 0 Å². The summed E-state index contributed by atoms with van der Waals surface area (Å²) in [6.45, 7) is 0. The predicted octanol–water partition coefficient (Wildman–Crippen LogP) is 2.50. The molecule has 2 atom stereocenters. The number of anilines is 1. The second kappa shape index (κ2) is 4.81. The molecule has 2 aliphatic rings. The third-order valence-electron chi connectivity index (χ3n) is 4.86. The van der Waals surface area contributed by atoms with Crippen LogP contribution in [-0.2, 0) is 5.60 Å². The molecule has 1 aromatic heterocycles. The molecule has 0 aliphatic carbocycles. The highest BCUT2D eigenvalue weighted by molar-refractivity contribution is 5.39. The van der Waals surface area contributed by atoms with E-state index >= 15 is 0 Å². The van der Waals surface area contributed by atoms with E-state index in [0.717, 1.165) is 37.2 Å². The van der Waals surface area contributed by atoms with Crippen LogP contribution >= 0.6 is 0 Å². The molecule has 4 heteroatoms. The molecule has 108 valence electrons. The number of hydrogen-bond donors (Lipinski definition) is 1. The predicted molar refractivity (Wildman–Crippen MR) is 80.9 cm³/mol. The van der Waals surface area contributed by atoms with Crippen molar-refractivity contribution < 1.29 is 5.11 Å². The molecule has 0 radical (unpaired) electrons. The molecule has 2 aliphatic heterocycles. The minimum atomic E-state index is -0.710. The third kappa shape index (κ3) is 2.10. The SMILES string of the molecule is OC1(c2ccccc2)CC2CCC(C1)N2c1ncccn1. The van der Waals surface area contributed by atoms with Crippen LogP contribution in [-0.4, -0.2) is 27.2 Å². The second-order valence-corrected chi connectivity index (χ2v) is 6.15. The second-order valence-electron chi connectivity index (χ2n) is 6.15. The maximum Gasteiger partial charge on any atom is 0.225 e. The van der Waals surface area contributed by atoms with Gasteiger partial charge in [-0.25, -0.2) is 9.97 Å². The summed E-state index contributed by atoms with van der Waals surface area (Å²) in [5.41, 5.74) is 0.328. The summed E-state index contributed by atoms with van der Waals surface area (Å²) in [5.74, 6) is 0.806. The van der Waals surface area contributed by atoms with Gasteiger partial charge in [0.05, 0.1) is 5.60 Å². The molecule has 1 aromatic carbocycles. The number of aromatic nitrogens is 2. The summed E-state index contributed by atoms with van der Waals surface area (Å²) >= 11 is 0. The molecule has 2 saturated heterocycles. The lowest BCUT2D eigenvalue weighted by molar-refractivity contribution is -0.00336. The van der Waals surface area contributed by atoms with Crippen LogP contribution < -0.4 is 4.90 Å². The van der Waals surface area contributed by atoms with E-state index < -0.39 is 5.60 Å². The molecule has 21 heavy (non-hydrogen) atoms. The fourth-order valence-corrected chi connectivity index (χ4v) is 3.96. The molecule has 0 saturated carbocycles. The molecule has 1 N–H and O–H groups in total. The Morgan fingerprint density at radius 1 is 0.952 bits per heavy atom. The van der Waals surface area contributed by atoms with Crippen LogP contribution in [0.4, 0.5) is 5.95 Å². The zero-order chi connectivity index (χ0) is 14.3. The smallest absolute Gasteiger partial charge is 0.225 e. The lowest BCUT2D eigenvalue weighted by Gasteiger charge is -2.44. The normalized spacial score (nSPS) is 31.4. The first-order valence-electron chi connectivity index (χ1n) is 7.59. The van der Waals surface area contributed by atoms with Gasteiger partial charge >= 0.3 is 0 Å². The first-order chi connectivity index (χ1) is 10.3. The molecule has 0 spiro atoms. The molecule has 0 amide bonds. The van der Waals surface area contributed by atoms with Crippen LogP contribution in [0.5, 0.6) is 0 Å². The largest absolute Gasteiger partial charge is 0.385 e. The number of rotatable bonds is 2. The van der Waals surface area contributed by atoms with E-state index in [1.165, 1.54) is 0 Å². The van der Waals surface area contributed by atoms with Crippen LogP contribution in [0.15, 0.2) is 48.8 Å². The van der Waals surface area contributed by atoms with E-state index in [-0.39, 0.29) is 0 Å². The van der Waals surface area contributed by atoms with Crippen molar-refractivity contribution in [3.63, 3.8) is 0 Å². The number of hydrogen-bond acceptors (Lipinski definition) is 4. The Labute approximate surface area is 124 Å². The molecule has 4 rings (SSSR count). The van der Waals surface area contributed by atoms with Gasteiger partial charge in [-0.05, 0) is 24.5 Å². The van der Waals surface area contributed by atoms with Gasteiger partial charge in [0.1, 0.15) is 0 Å². The van der Waals surface area contributed by atoms with Crippen molar-refractivity contribution in [3.05, 3.63) is 54.4 Å². The minimum Gasteiger partial charge on any atom is -0.385 e. The Bertz CT molecular complexity index is 602. The van der Waals surface area contributed by atoms with Crippen molar-refractivity contribution in [3.8, 4) is 0 Å². The molecule has 2 unspecified atom stereocenters. The summed E-state index contributed by atoms with van der Waals surface area (Å²) in [7, 11) is 0. The highest BCUT2D eigenvalue weighted by atomic mass is 16.3. The molecular formula is C17H19N3O. The van der Waals surface area contributed by atoms with Crippen molar-refractivity contribution in [2.75, 3.05) is 4.90 Å². The zero-order valence-electron chi connectivity index (χ0n) is 11.9. The van der Waals surface area contributed by atoms with Crippen molar-refractivity contribution in [2.45, 2.75) is 43.4 Å². The number of fused-ring (bicyclic) bond motifs is 2. The van der Waals surface area contributed by atoms with E-state index in [0.29, 0.717) is 12.1 Å².